The molecule has 3 aromatic rings. The first-order valence-corrected chi connectivity index (χ1v) is 10.2. The Balaban J connectivity index is 1.42. The quantitative estimate of drug-likeness (QED) is 0.472. The van der Waals surface area contributed by atoms with Gasteiger partial charge in [0.25, 0.3) is 0 Å². The molecule has 7 nitrogen and oxygen atoms in total. The first-order valence-electron chi connectivity index (χ1n) is 8.98. The molecule has 0 amide bonds. The Labute approximate surface area is 175 Å². The number of thiophene rings is 1. The molecule has 0 fully saturated rings. The number of hydrogen-bond donors (Lipinski definition) is 2. The lowest BCUT2D eigenvalue weighted by Gasteiger charge is -2.09. The predicted molar refractivity (Wildman–Crippen MR) is 113 cm³/mol. The van der Waals surface area contributed by atoms with Crippen LogP contribution in [0.5, 0.6) is 0 Å². The SMILES string of the molecule is COC(=O)c1c(NC(=S)Nc2ncn(Cc3ccc(F)cc3)n2)sc2c1CCC2. The van der Waals surface area contributed by atoms with Crippen molar-refractivity contribution in [2.24, 2.45) is 0 Å². The molecule has 0 unspecified atom stereocenters. The summed E-state index contributed by atoms with van der Waals surface area (Å²) in [7, 11) is 1.37. The van der Waals surface area contributed by atoms with Crippen LogP contribution < -0.4 is 10.6 Å². The number of ether oxygens (including phenoxy) is 1. The average molecular weight is 432 g/mol. The Morgan fingerprint density at radius 2 is 2.10 bits per heavy atom. The first-order chi connectivity index (χ1) is 14.0. The van der Waals surface area contributed by atoms with Gasteiger partial charge in [-0.25, -0.2) is 18.9 Å². The van der Waals surface area contributed by atoms with E-state index in [1.165, 1.54) is 35.5 Å². The maximum absolute atomic E-state index is 13.0. The van der Waals surface area contributed by atoms with E-state index in [0.29, 0.717) is 23.1 Å². The average Bonchev–Trinajstić information content (AvgIpc) is 3.39. The zero-order valence-electron chi connectivity index (χ0n) is 15.6. The van der Waals surface area contributed by atoms with Crippen LogP contribution in [0.2, 0.25) is 0 Å². The number of thiocarbonyl (C=S) groups is 1. The Kier molecular flexibility index (Phi) is 5.54. The third-order valence-electron chi connectivity index (χ3n) is 4.56. The monoisotopic (exact) mass is 431 g/mol. The van der Waals surface area contributed by atoms with E-state index in [0.717, 1.165) is 30.4 Å². The van der Waals surface area contributed by atoms with Gasteiger partial charge in [-0.2, -0.15) is 0 Å². The number of nitrogens with one attached hydrogen (secondary N) is 2. The molecule has 0 radical (unpaired) electrons. The number of carbonyl (C=O) groups excluding carboxylic acids is 1. The molecule has 0 bridgehead atoms. The Bertz CT molecular complexity index is 1060. The van der Waals surface area contributed by atoms with Crippen LogP contribution in [0.25, 0.3) is 0 Å². The maximum Gasteiger partial charge on any atom is 0.341 e. The molecule has 1 aliphatic carbocycles. The third-order valence-corrected chi connectivity index (χ3v) is 5.97. The number of aryl methyl sites for hydroxylation is 1. The van der Waals surface area contributed by atoms with Crippen molar-refractivity contribution in [3.63, 3.8) is 0 Å². The number of carbonyl (C=O) groups is 1. The molecule has 2 heterocycles. The second kappa shape index (κ2) is 8.26. The van der Waals surface area contributed by atoms with Gasteiger partial charge in [-0.3, -0.25) is 5.32 Å². The van der Waals surface area contributed by atoms with Crippen molar-refractivity contribution in [2.75, 3.05) is 17.7 Å². The summed E-state index contributed by atoms with van der Waals surface area (Å²) in [5, 5.41) is 11.3. The number of halogens is 1. The minimum absolute atomic E-state index is 0.281. The van der Waals surface area contributed by atoms with Gasteiger partial charge in [0.2, 0.25) is 5.95 Å². The summed E-state index contributed by atoms with van der Waals surface area (Å²) in [6, 6.07) is 6.20. The lowest BCUT2D eigenvalue weighted by Crippen LogP contribution is -2.21. The molecule has 0 spiro atoms. The number of aromatic nitrogens is 3. The highest BCUT2D eigenvalue weighted by atomic mass is 32.1. The summed E-state index contributed by atoms with van der Waals surface area (Å²) in [5.74, 6) is -0.318. The number of anilines is 2. The highest BCUT2D eigenvalue weighted by molar-refractivity contribution is 7.80. The van der Waals surface area contributed by atoms with Gasteiger partial charge in [0.15, 0.2) is 5.11 Å². The summed E-state index contributed by atoms with van der Waals surface area (Å²) < 4.78 is 19.6. The molecule has 1 aliphatic rings. The largest absolute Gasteiger partial charge is 0.465 e. The molecule has 1 aromatic carbocycles. The van der Waals surface area contributed by atoms with Crippen LogP contribution in [0.3, 0.4) is 0 Å². The van der Waals surface area contributed by atoms with Crippen molar-refractivity contribution >= 4 is 45.6 Å². The van der Waals surface area contributed by atoms with Gasteiger partial charge in [-0.05, 0) is 54.7 Å². The van der Waals surface area contributed by atoms with E-state index in [2.05, 4.69) is 20.7 Å². The Morgan fingerprint density at radius 3 is 2.86 bits per heavy atom. The highest BCUT2D eigenvalue weighted by Crippen LogP contribution is 2.39. The highest BCUT2D eigenvalue weighted by Gasteiger charge is 2.27. The second-order valence-electron chi connectivity index (χ2n) is 6.52. The Hall–Kier alpha value is -2.85. The summed E-state index contributed by atoms with van der Waals surface area (Å²) >= 11 is 6.89. The molecule has 4 rings (SSSR count). The Morgan fingerprint density at radius 1 is 1.31 bits per heavy atom. The maximum atomic E-state index is 13.0. The molecule has 0 saturated heterocycles. The van der Waals surface area contributed by atoms with Crippen LogP contribution >= 0.6 is 23.6 Å². The number of esters is 1. The van der Waals surface area contributed by atoms with Gasteiger partial charge in [-0.1, -0.05) is 12.1 Å². The predicted octanol–water partition coefficient (Wildman–Crippen LogP) is 3.61. The van der Waals surface area contributed by atoms with Crippen LogP contribution in [0.4, 0.5) is 15.3 Å². The zero-order chi connectivity index (χ0) is 20.4. The van der Waals surface area contributed by atoms with Crippen molar-refractivity contribution in [3.8, 4) is 0 Å². The fourth-order valence-corrected chi connectivity index (χ4v) is 4.79. The number of nitrogens with zero attached hydrogens (tertiary/aromatic N) is 3. The molecule has 0 aliphatic heterocycles. The van der Waals surface area contributed by atoms with E-state index in [1.54, 1.807) is 23.1 Å². The van der Waals surface area contributed by atoms with Crippen molar-refractivity contribution in [1.29, 1.82) is 0 Å². The van der Waals surface area contributed by atoms with Crippen molar-refractivity contribution in [2.45, 2.75) is 25.8 Å². The second-order valence-corrected chi connectivity index (χ2v) is 8.04. The van der Waals surface area contributed by atoms with E-state index in [9.17, 15) is 9.18 Å². The topological polar surface area (TPSA) is 81.1 Å². The number of hydrogen-bond acceptors (Lipinski definition) is 6. The lowest BCUT2D eigenvalue weighted by atomic mass is 10.1. The van der Waals surface area contributed by atoms with Gasteiger partial charge in [0.05, 0.1) is 19.2 Å². The molecular formula is C19H18FN5O2S2. The van der Waals surface area contributed by atoms with E-state index in [1.807, 2.05) is 0 Å². The van der Waals surface area contributed by atoms with Crippen LogP contribution in [-0.2, 0) is 24.1 Å². The summed E-state index contributed by atoms with van der Waals surface area (Å²) in [5.41, 5.74) is 2.51. The van der Waals surface area contributed by atoms with E-state index in [-0.39, 0.29) is 16.9 Å². The third kappa shape index (κ3) is 4.28. The van der Waals surface area contributed by atoms with Gasteiger partial charge in [0, 0.05) is 4.88 Å². The first kappa shape index (κ1) is 19.5. The van der Waals surface area contributed by atoms with Crippen molar-refractivity contribution in [1.82, 2.24) is 14.8 Å². The fraction of sp³-hybridized carbons (Fsp3) is 0.263. The van der Waals surface area contributed by atoms with Gasteiger partial charge in [-0.15, -0.1) is 16.4 Å². The minimum atomic E-state index is -0.364. The number of benzene rings is 1. The minimum Gasteiger partial charge on any atom is -0.465 e. The molecular weight excluding hydrogens is 413 g/mol. The van der Waals surface area contributed by atoms with Crippen molar-refractivity contribution < 1.29 is 13.9 Å². The summed E-state index contributed by atoms with van der Waals surface area (Å²) in [4.78, 5) is 17.6. The smallest absolute Gasteiger partial charge is 0.341 e. The normalized spacial score (nSPS) is 12.5. The molecule has 2 N–H and O–H groups in total. The molecule has 0 saturated carbocycles. The van der Waals surface area contributed by atoms with Crippen LogP contribution in [-0.4, -0.2) is 33.0 Å². The fourth-order valence-electron chi connectivity index (χ4n) is 3.25. The van der Waals surface area contributed by atoms with Crippen LogP contribution in [0, 0.1) is 5.82 Å². The van der Waals surface area contributed by atoms with Crippen LogP contribution in [0.1, 0.15) is 32.8 Å². The zero-order valence-corrected chi connectivity index (χ0v) is 17.2. The van der Waals surface area contributed by atoms with E-state index >= 15 is 0 Å². The summed E-state index contributed by atoms with van der Waals surface area (Å²) in [6.07, 6.45) is 4.44. The number of rotatable bonds is 5. The number of fused-ring (bicyclic) bond motifs is 1. The molecule has 0 atom stereocenters. The molecule has 29 heavy (non-hydrogen) atoms. The van der Waals surface area contributed by atoms with Crippen LogP contribution in [0.15, 0.2) is 30.6 Å². The standard InChI is InChI=1S/C19H18FN5O2S2/c1-27-17(26)15-13-3-2-4-14(13)29-16(15)22-19(28)23-18-21-10-25(24-18)9-11-5-7-12(20)8-6-11/h5-8,10H,2-4,9H2,1H3,(H2,22,23,24,28). The van der Waals surface area contributed by atoms with Gasteiger partial charge in [0.1, 0.15) is 17.1 Å². The molecule has 10 heteroatoms. The lowest BCUT2D eigenvalue weighted by molar-refractivity contribution is 0.0601. The molecule has 150 valence electrons. The van der Waals surface area contributed by atoms with Gasteiger partial charge >= 0.3 is 5.97 Å². The van der Waals surface area contributed by atoms with E-state index < -0.39 is 0 Å². The molecule has 2 aromatic heterocycles. The van der Waals surface area contributed by atoms with Crippen molar-refractivity contribution in [3.05, 3.63) is 58.0 Å². The van der Waals surface area contributed by atoms with E-state index in [4.69, 9.17) is 17.0 Å². The summed E-state index contributed by atoms with van der Waals surface area (Å²) in [6.45, 7) is 0.458. The van der Waals surface area contributed by atoms with Gasteiger partial charge < -0.3 is 10.1 Å². The number of methoxy groups -OCH3 is 1.